The van der Waals surface area contributed by atoms with Gasteiger partial charge in [-0.25, -0.2) is 4.79 Å². The first-order valence-corrected chi connectivity index (χ1v) is 8.83. The van der Waals surface area contributed by atoms with E-state index in [2.05, 4.69) is 16.7 Å². The predicted molar refractivity (Wildman–Crippen MR) is 96.3 cm³/mol. The summed E-state index contributed by atoms with van der Waals surface area (Å²) in [5.74, 6) is 0.237. The highest BCUT2D eigenvalue weighted by Crippen LogP contribution is 2.27. The molecule has 1 aromatic rings. The Morgan fingerprint density at radius 1 is 1.12 bits per heavy atom. The molecule has 5 heteroatoms. The number of urea groups is 1. The smallest absolute Gasteiger partial charge is 0.317 e. The third kappa shape index (κ3) is 4.98. The number of nitrogens with zero attached hydrogens (tertiary/aromatic N) is 1. The summed E-state index contributed by atoms with van der Waals surface area (Å²) in [7, 11) is 0. The molecule has 24 heavy (non-hydrogen) atoms. The molecule has 0 spiro atoms. The van der Waals surface area contributed by atoms with E-state index in [4.69, 9.17) is 0 Å². The van der Waals surface area contributed by atoms with Crippen LogP contribution in [0.15, 0.2) is 24.3 Å². The van der Waals surface area contributed by atoms with E-state index in [1.54, 1.807) is 0 Å². The van der Waals surface area contributed by atoms with Gasteiger partial charge in [0.1, 0.15) is 0 Å². The van der Waals surface area contributed by atoms with E-state index in [9.17, 15) is 9.59 Å². The minimum Gasteiger partial charge on any atom is -0.350 e. The first kappa shape index (κ1) is 18.3. The zero-order valence-electron chi connectivity index (χ0n) is 15.1. The van der Waals surface area contributed by atoms with Gasteiger partial charge in [0, 0.05) is 36.7 Å². The Balaban J connectivity index is 2.08. The van der Waals surface area contributed by atoms with Gasteiger partial charge in [-0.15, -0.1) is 0 Å². The molecular formula is C19H29N3O2. The van der Waals surface area contributed by atoms with Gasteiger partial charge in [-0.3, -0.25) is 4.79 Å². The van der Waals surface area contributed by atoms with Gasteiger partial charge >= 0.3 is 6.03 Å². The lowest BCUT2D eigenvalue weighted by atomic mass is 9.89. The molecule has 132 valence electrons. The maximum atomic E-state index is 12.2. The van der Waals surface area contributed by atoms with E-state index in [0.29, 0.717) is 12.1 Å². The van der Waals surface area contributed by atoms with Crippen molar-refractivity contribution in [3.05, 3.63) is 35.4 Å². The summed E-state index contributed by atoms with van der Waals surface area (Å²) in [5, 5.41) is 5.88. The monoisotopic (exact) mass is 331 g/mol. The molecule has 3 amide bonds. The summed E-state index contributed by atoms with van der Waals surface area (Å²) in [4.78, 5) is 26.3. The zero-order chi connectivity index (χ0) is 17.7. The van der Waals surface area contributed by atoms with Crippen LogP contribution < -0.4 is 10.6 Å². The minimum atomic E-state index is -0.0444. The van der Waals surface area contributed by atoms with Crippen LogP contribution in [-0.2, 0) is 0 Å². The summed E-state index contributed by atoms with van der Waals surface area (Å²) in [6, 6.07) is 8.05. The third-order valence-corrected chi connectivity index (χ3v) is 4.16. The number of hydrogen-bond acceptors (Lipinski definition) is 2. The standard InChI is InChI=1S/C19H29N3O2/c1-13(2)20-18(23)16-8-5-7-15(11-16)17-9-6-10-22(12-17)19(24)21-14(3)4/h5,7-8,11,13-14,17H,6,9-10,12H2,1-4H3,(H,20,23)(H,21,24)/t17-/m1/s1. The number of carbonyl (C=O) groups excluding carboxylic acids is 2. The van der Waals surface area contributed by atoms with Gasteiger partial charge in [0.15, 0.2) is 0 Å². The van der Waals surface area contributed by atoms with Crippen LogP contribution in [0, 0.1) is 0 Å². The van der Waals surface area contributed by atoms with E-state index in [-0.39, 0.29) is 29.9 Å². The Labute approximate surface area is 144 Å². The second-order valence-corrected chi connectivity index (χ2v) is 7.14. The Hall–Kier alpha value is -2.04. The molecular weight excluding hydrogens is 302 g/mol. The maximum absolute atomic E-state index is 12.2. The molecule has 0 saturated carbocycles. The largest absolute Gasteiger partial charge is 0.350 e. The highest BCUT2D eigenvalue weighted by atomic mass is 16.2. The van der Waals surface area contributed by atoms with E-state index in [0.717, 1.165) is 24.9 Å². The van der Waals surface area contributed by atoms with Crippen LogP contribution in [0.1, 0.15) is 62.4 Å². The van der Waals surface area contributed by atoms with Crippen molar-refractivity contribution >= 4 is 11.9 Å². The number of likely N-dealkylation sites (tertiary alicyclic amines) is 1. The number of piperidine rings is 1. The van der Waals surface area contributed by atoms with Gasteiger partial charge < -0.3 is 15.5 Å². The van der Waals surface area contributed by atoms with Crippen LogP contribution in [0.5, 0.6) is 0 Å². The lowest BCUT2D eigenvalue weighted by Crippen LogP contribution is -2.47. The number of hydrogen-bond donors (Lipinski definition) is 2. The normalized spacial score (nSPS) is 17.9. The first-order valence-electron chi connectivity index (χ1n) is 8.83. The van der Waals surface area contributed by atoms with Crippen LogP contribution >= 0.6 is 0 Å². The van der Waals surface area contributed by atoms with Crippen LogP contribution in [0.4, 0.5) is 4.79 Å². The van der Waals surface area contributed by atoms with Crippen LogP contribution in [-0.4, -0.2) is 42.0 Å². The zero-order valence-corrected chi connectivity index (χ0v) is 15.1. The van der Waals surface area contributed by atoms with Crippen molar-refractivity contribution in [3.8, 4) is 0 Å². The van der Waals surface area contributed by atoms with Gasteiger partial charge in [-0.05, 0) is 58.2 Å². The fraction of sp³-hybridized carbons (Fsp3) is 0.579. The second-order valence-electron chi connectivity index (χ2n) is 7.14. The lowest BCUT2D eigenvalue weighted by molar-refractivity contribution is 0.0943. The van der Waals surface area contributed by atoms with Gasteiger partial charge in [-0.2, -0.15) is 0 Å². The molecule has 0 unspecified atom stereocenters. The van der Waals surface area contributed by atoms with Crippen LogP contribution in [0.3, 0.4) is 0 Å². The predicted octanol–water partition coefficient (Wildman–Crippen LogP) is 3.12. The van der Waals surface area contributed by atoms with Gasteiger partial charge in [0.2, 0.25) is 0 Å². The molecule has 0 aromatic heterocycles. The van der Waals surface area contributed by atoms with Crippen LogP contribution in [0.2, 0.25) is 0 Å². The van der Waals surface area contributed by atoms with Crippen molar-refractivity contribution < 1.29 is 9.59 Å². The quantitative estimate of drug-likeness (QED) is 0.890. The summed E-state index contributed by atoms with van der Waals surface area (Å²) < 4.78 is 0. The van der Waals surface area contributed by atoms with Crippen molar-refractivity contribution in [2.45, 2.75) is 58.5 Å². The van der Waals surface area contributed by atoms with Gasteiger partial charge in [0.05, 0.1) is 0 Å². The van der Waals surface area contributed by atoms with Gasteiger partial charge in [0.25, 0.3) is 5.91 Å². The molecule has 5 nitrogen and oxygen atoms in total. The average Bonchev–Trinajstić information content (AvgIpc) is 2.54. The lowest BCUT2D eigenvalue weighted by Gasteiger charge is -2.33. The minimum absolute atomic E-state index is 0.00315. The molecule has 0 bridgehead atoms. The summed E-state index contributed by atoms with van der Waals surface area (Å²) in [5.41, 5.74) is 1.82. The molecule has 0 aliphatic carbocycles. The fourth-order valence-electron chi connectivity index (χ4n) is 3.05. The van der Waals surface area contributed by atoms with E-state index >= 15 is 0 Å². The number of nitrogens with one attached hydrogen (secondary N) is 2. The number of carbonyl (C=O) groups is 2. The van der Waals surface area contributed by atoms with Crippen molar-refractivity contribution in [2.75, 3.05) is 13.1 Å². The van der Waals surface area contributed by atoms with Crippen molar-refractivity contribution in [1.29, 1.82) is 0 Å². The topological polar surface area (TPSA) is 61.4 Å². The molecule has 1 atom stereocenters. The summed E-state index contributed by atoms with van der Waals surface area (Å²) in [6.45, 7) is 9.34. The average molecular weight is 331 g/mol. The highest BCUT2D eigenvalue weighted by Gasteiger charge is 2.25. The summed E-state index contributed by atoms with van der Waals surface area (Å²) >= 11 is 0. The van der Waals surface area contributed by atoms with Crippen molar-refractivity contribution in [2.24, 2.45) is 0 Å². The number of rotatable bonds is 4. The van der Waals surface area contributed by atoms with E-state index in [1.807, 2.05) is 50.8 Å². The van der Waals surface area contributed by atoms with Crippen molar-refractivity contribution in [1.82, 2.24) is 15.5 Å². The molecule has 1 aromatic carbocycles. The highest BCUT2D eigenvalue weighted by molar-refractivity contribution is 5.94. The fourth-order valence-corrected chi connectivity index (χ4v) is 3.05. The Bertz CT molecular complexity index is 584. The molecule has 2 N–H and O–H groups in total. The molecule has 2 rings (SSSR count). The third-order valence-electron chi connectivity index (χ3n) is 4.16. The van der Waals surface area contributed by atoms with E-state index in [1.165, 1.54) is 0 Å². The number of amides is 3. The Morgan fingerprint density at radius 3 is 2.50 bits per heavy atom. The van der Waals surface area contributed by atoms with Crippen LogP contribution in [0.25, 0.3) is 0 Å². The van der Waals surface area contributed by atoms with Gasteiger partial charge in [-0.1, -0.05) is 12.1 Å². The second kappa shape index (κ2) is 8.18. The number of benzene rings is 1. The molecule has 0 radical (unpaired) electrons. The first-order chi connectivity index (χ1) is 11.4. The Kier molecular flexibility index (Phi) is 6.23. The van der Waals surface area contributed by atoms with E-state index < -0.39 is 0 Å². The molecule has 1 saturated heterocycles. The maximum Gasteiger partial charge on any atom is 0.317 e. The Morgan fingerprint density at radius 2 is 1.83 bits per heavy atom. The molecule has 1 aliphatic heterocycles. The SMILES string of the molecule is CC(C)NC(=O)c1cccc([C@@H]2CCCN(C(=O)NC(C)C)C2)c1. The molecule has 1 aliphatic rings. The molecule has 1 fully saturated rings. The van der Waals surface area contributed by atoms with Crippen molar-refractivity contribution in [3.63, 3.8) is 0 Å². The molecule has 1 heterocycles. The summed E-state index contributed by atoms with van der Waals surface area (Å²) in [6.07, 6.45) is 2.03.